The number of halogens is 1. The normalized spacial score (nSPS) is 16.7. The van der Waals surface area contributed by atoms with Gasteiger partial charge in [-0.05, 0) is 25.2 Å². The number of benzene rings is 1. The summed E-state index contributed by atoms with van der Waals surface area (Å²) in [7, 11) is 2.05. The summed E-state index contributed by atoms with van der Waals surface area (Å²) in [5, 5.41) is 0.534. The van der Waals surface area contributed by atoms with Gasteiger partial charge < -0.3 is 15.2 Å². The summed E-state index contributed by atoms with van der Waals surface area (Å²) < 4.78 is 0. The molecule has 6 heteroatoms. The van der Waals surface area contributed by atoms with Crippen molar-refractivity contribution >= 4 is 23.2 Å². The molecule has 1 aromatic carbocycles. The molecule has 2 rings (SSSR count). The number of carbonyl (C=O) groups excluding carboxylic acids is 1. The maximum Gasteiger partial charge on any atom is 0.256 e. The van der Waals surface area contributed by atoms with Crippen LogP contribution >= 0.6 is 11.6 Å². The van der Waals surface area contributed by atoms with Crippen LogP contribution in [0, 0.1) is 0 Å². The highest BCUT2D eigenvalue weighted by Crippen LogP contribution is 2.22. The number of anilines is 1. The number of rotatable bonds is 2. The SMILES string of the molecule is CN1CCN(C(=O)c2cc(Cl)ccc2NN)CC1. The predicted molar refractivity (Wildman–Crippen MR) is 72.7 cm³/mol. The summed E-state index contributed by atoms with van der Waals surface area (Å²) >= 11 is 5.93. The van der Waals surface area contributed by atoms with Crippen molar-refractivity contribution in [3.63, 3.8) is 0 Å². The quantitative estimate of drug-likeness (QED) is 0.621. The zero-order valence-electron chi connectivity index (χ0n) is 10.3. The van der Waals surface area contributed by atoms with Crippen LogP contribution in [0.3, 0.4) is 0 Å². The van der Waals surface area contributed by atoms with E-state index < -0.39 is 0 Å². The molecule has 0 unspecified atom stereocenters. The van der Waals surface area contributed by atoms with E-state index in [1.54, 1.807) is 18.2 Å². The second-order valence-corrected chi connectivity index (χ2v) is 4.87. The lowest BCUT2D eigenvalue weighted by Gasteiger charge is -2.32. The van der Waals surface area contributed by atoms with Gasteiger partial charge in [0.15, 0.2) is 0 Å². The molecule has 0 bridgehead atoms. The molecular weight excluding hydrogens is 252 g/mol. The van der Waals surface area contributed by atoms with E-state index in [2.05, 4.69) is 10.3 Å². The van der Waals surface area contributed by atoms with Gasteiger partial charge in [0.2, 0.25) is 0 Å². The number of piperazine rings is 1. The van der Waals surface area contributed by atoms with Crippen LogP contribution in [0.5, 0.6) is 0 Å². The van der Waals surface area contributed by atoms with Crippen LogP contribution < -0.4 is 11.3 Å². The lowest BCUT2D eigenvalue weighted by Crippen LogP contribution is -2.47. The molecule has 5 nitrogen and oxygen atoms in total. The van der Waals surface area contributed by atoms with Gasteiger partial charge >= 0.3 is 0 Å². The molecule has 0 atom stereocenters. The van der Waals surface area contributed by atoms with Crippen molar-refractivity contribution in [3.8, 4) is 0 Å². The van der Waals surface area contributed by atoms with E-state index in [9.17, 15) is 4.79 Å². The fourth-order valence-corrected chi connectivity index (χ4v) is 2.17. The van der Waals surface area contributed by atoms with E-state index in [1.807, 2.05) is 11.9 Å². The fourth-order valence-electron chi connectivity index (χ4n) is 2.00. The second-order valence-electron chi connectivity index (χ2n) is 4.43. The summed E-state index contributed by atoms with van der Waals surface area (Å²) in [6, 6.07) is 5.07. The Morgan fingerprint density at radius 1 is 1.33 bits per heavy atom. The molecule has 0 saturated carbocycles. The highest BCUT2D eigenvalue weighted by atomic mass is 35.5. The van der Waals surface area contributed by atoms with E-state index in [4.69, 9.17) is 17.4 Å². The molecule has 1 aliphatic heterocycles. The van der Waals surface area contributed by atoms with Crippen LogP contribution in [0.15, 0.2) is 18.2 Å². The van der Waals surface area contributed by atoms with Crippen LogP contribution in [0.4, 0.5) is 5.69 Å². The van der Waals surface area contributed by atoms with Crippen molar-refractivity contribution < 1.29 is 4.79 Å². The Bertz CT molecular complexity index is 444. The van der Waals surface area contributed by atoms with Crippen molar-refractivity contribution in [1.82, 2.24) is 9.80 Å². The van der Waals surface area contributed by atoms with Gasteiger partial charge in [0.25, 0.3) is 5.91 Å². The fraction of sp³-hybridized carbons (Fsp3) is 0.417. The molecule has 3 N–H and O–H groups in total. The Hall–Kier alpha value is -1.30. The molecule has 1 heterocycles. The van der Waals surface area contributed by atoms with E-state index in [0.717, 1.165) is 26.2 Å². The molecule has 1 amide bonds. The molecule has 18 heavy (non-hydrogen) atoms. The highest BCUT2D eigenvalue weighted by Gasteiger charge is 2.22. The van der Waals surface area contributed by atoms with Crippen molar-refractivity contribution in [2.24, 2.45) is 5.84 Å². The Balaban J connectivity index is 2.20. The van der Waals surface area contributed by atoms with Crippen molar-refractivity contribution in [2.45, 2.75) is 0 Å². The topological polar surface area (TPSA) is 61.6 Å². The maximum absolute atomic E-state index is 12.4. The van der Waals surface area contributed by atoms with Gasteiger partial charge in [-0.1, -0.05) is 11.6 Å². The molecule has 1 saturated heterocycles. The van der Waals surface area contributed by atoms with Gasteiger partial charge in [0, 0.05) is 31.2 Å². The number of nitrogens with two attached hydrogens (primary N) is 1. The van der Waals surface area contributed by atoms with Crippen LogP contribution in [0.2, 0.25) is 5.02 Å². The summed E-state index contributed by atoms with van der Waals surface area (Å²) in [5.41, 5.74) is 3.66. The number of amides is 1. The lowest BCUT2D eigenvalue weighted by atomic mass is 10.1. The first-order valence-corrected chi connectivity index (χ1v) is 6.23. The van der Waals surface area contributed by atoms with E-state index >= 15 is 0 Å². The van der Waals surface area contributed by atoms with Crippen LogP contribution in [-0.2, 0) is 0 Å². The van der Waals surface area contributed by atoms with Gasteiger partial charge in [0.05, 0.1) is 11.3 Å². The Kier molecular flexibility index (Phi) is 4.06. The first-order chi connectivity index (χ1) is 8.61. The van der Waals surface area contributed by atoms with Gasteiger partial charge in [-0.15, -0.1) is 0 Å². The number of nitrogens with zero attached hydrogens (tertiary/aromatic N) is 2. The number of hydrogen-bond acceptors (Lipinski definition) is 4. The Morgan fingerprint density at radius 3 is 2.61 bits per heavy atom. The van der Waals surface area contributed by atoms with E-state index in [1.165, 1.54) is 0 Å². The number of hydrazine groups is 1. The number of hydrogen-bond donors (Lipinski definition) is 2. The van der Waals surface area contributed by atoms with E-state index in [0.29, 0.717) is 16.3 Å². The number of likely N-dealkylation sites (N-methyl/N-ethyl adjacent to an activating group) is 1. The third-order valence-corrected chi connectivity index (χ3v) is 3.39. The maximum atomic E-state index is 12.4. The minimum atomic E-state index is -0.0291. The second kappa shape index (κ2) is 5.56. The molecule has 0 spiro atoms. The van der Waals surface area contributed by atoms with E-state index in [-0.39, 0.29) is 5.91 Å². The third kappa shape index (κ3) is 2.75. The zero-order valence-corrected chi connectivity index (χ0v) is 11.1. The Morgan fingerprint density at radius 2 is 2.00 bits per heavy atom. The first-order valence-electron chi connectivity index (χ1n) is 5.86. The standard InChI is InChI=1S/C12H17ClN4O/c1-16-4-6-17(7-5-16)12(18)10-8-9(13)2-3-11(10)15-14/h2-3,8,15H,4-7,14H2,1H3. The summed E-state index contributed by atoms with van der Waals surface area (Å²) in [6.45, 7) is 3.23. The summed E-state index contributed by atoms with van der Waals surface area (Å²) in [6.07, 6.45) is 0. The molecule has 0 aromatic heterocycles. The molecule has 98 valence electrons. The third-order valence-electron chi connectivity index (χ3n) is 3.16. The minimum Gasteiger partial charge on any atom is -0.336 e. The molecule has 1 aliphatic rings. The van der Waals surface area contributed by atoms with Gasteiger partial charge in [-0.2, -0.15) is 0 Å². The predicted octanol–water partition coefficient (Wildman–Crippen LogP) is 1.01. The first kappa shape index (κ1) is 13.1. The van der Waals surface area contributed by atoms with Gasteiger partial charge in [0.1, 0.15) is 0 Å². The number of nitrogens with one attached hydrogen (secondary N) is 1. The lowest BCUT2D eigenvalue weighted by molar-refractivity contribution is 0.0665. The average Bonchev–Trinajstić information content (AvgIpc) is 2.39. The zero-order chi connectivity index (χ0) is 13.1. The summed E-state index contributed by atoms with van der Waals surface area (Å²) in [4.78, 5) is 16.4. The number of carbonyl (C=O) groups is 1. The van der Waals surface area contributed by atoms with Gasteiger partial charge in [-0.25, -0.2) is 0 Å². The smallest absolute Gasteiger partial charge is 0.256 e. The molecule has 0 aliphatic carbocycles. The number of nitrogen functional groups attached to an aromatic ring is 1. The van der Waals surface area contributed by atoms with Gasteiger partial charge in [-0.3, -0.25) is 10.6 Å². The van der Waals surface area contributed by atoms with Crippen molar-refractivity contribution in [3.05, 3.63) is 28.8 Å². The Labute approximate surface area is 111 Å². The van der Waals surface area contributed by atoms with Crippen molar-refractivity contribution in [2.75, 3.05) is 38.7 Å². The van der Waals surface area contributed by atoms with Crippen molar-refractivity contribution in [1.29, 1.82) is 0 Å². The summed E-state index contributed by atoms with van der Waals surface area (Å²) in [5.74, 6) is 5.39. The molecule has 1 fully saturated rings. The van der Waals surface area contributed by atoms with Crippen LogP contribution in [-0.4, -0.2) is 48.9 Å². The molecular formula is C12H17ClN4O. The molecule has 0 radical (unpaired) electrons. The average molecular weight is 269 g/mol. The van der Waals surface area contributed by atoms with Crippen LogP contribution in [0.25, 0.3) is 0 Å². The molecule has 1 aromatic rings. The monoisotopic (exact) mass is 268 g/mol. The van der Waals surface area contributed by atoms with Crippen LogP contribution in [0.1, 0.15) is 10.4 Å². The minimum absolute atomic E-state index is 0.0291. The largest absolute Gasteiger partial charge is 0.336 e. The highest BCUT2D eigenvalue weighted by molar-refractivity contribution is 6.31.